The van der Waals surface area contributed by atoms with E-state index < -0.39 is 0 Å². The van der Waals surface area contributed by atoms with Crippen molar-refractivity contribution in [2.24, 2.45) is 0 Å². The lowest BCUT2D eigenvalue weighted by molar-refractivity contribution is 0.251. The third-order valence-corrected chi connectivity index (χ3v) is 4.18. The van der Waals surface area contributed by atoms with E-state index >= 15 is 0 Å². The Morgan fingerprint density at radius 2 is 1.62 bits per heavy atom. The van der Waals surface area contributed by atoms with Crippen LogP contribution in [0.2, 0.25) is 10.0 Å². The van der Waals surface area contributed by atoms with Gasteiger partial charge in [-0.15, -0.1) is 0 Å². The first-order valence-electron chi connectivity index (χ1n) is 7.77. The van der Waals surface area contributed by atoms with Crippen LogP contribution in [-0.4, -0.2) is 11.0 Å². The van der Waals surface area contributed by atoms with E-state index in [0.717, 1.165) is 5.56 Å². The maximum absolute atomic E-state index is 12.0. The van der Waals surface area contributed by atoms with Crippen molar-refractivity contribution in [3.8, 4) is 11.5 Å². The second-order valence-electron chi connectivity index (χ2n) is 5.37. The molecule has 0 fully saturated rings. The highest BCUT2D eigenvalue weighted by molar-refractivity contribution is 6.42. The Labute approximate surface area is 160 Å². The maximum Gasteiger partial charge on any atom is 0.319 e. The van der Waals surface area contributed by atoms with Gasteiger partial charge in [-0.3, -0.25) is 4.98 Å². The quantitative estimate of drug-likeness (QED) is 0.607. The molecular formula is C19H15Cl2N3O2. The first kappa shape index (κ1) is 18.0. The van der Waals surface area contributed by atoms with Gasteiger partial charge in [-0.2, -0.15) is 0 Å². The molecule has 0 aliphatic rings. The molecule has 1 aromatic heterocycles. The van der Waals surface area contributed by atoms with Crippen LogP contribution in [0.4, 0.5) is 10.5 Å². The molecule has 2 amide bonds. The van der Waals surface area contributed by atoms with Crippen molar-refractivity contribution in [1.82, 2.24) is 10.3 Å². The van der Waals surface area contributed by atoms with E-state index in [1.54, 1.807) is 42.7 Å². The number of benzene rings is 2. The third-order valence-electron chi connectivity index (χ3n) is 3.44. The van der Waals surface area contributed by atoms with E-state index in [2.05, 4.69) is 15.6 Å². The predicted octanol–water partition coefficient (Wildman–Crippen LogP) is 5.50. The van der Waals surface area contributed by atoms with Gasteiger partial charge < -0.3 is 15.4 Å². The lowest BCUT2D eigenvalue weighted by atomic mass is 10.2. The van der Waals surface area contributed by atoms with Gasteiger partial charge in [0.15, 0.2) is 0 Å². The SMILES string of the molecule is O=C(NCc1ccc(Oc2ccncc2)cc1)Nc1ccc(Cl)c(Cl)c1. The Morgan fingerprint density at radius 3 is 2.31 bits per heavy atom. The van der Waals surface area contributed by atoms with Gasteiger partial charge in [-0.25, -0.2) is 4.79 Å². The van der Waals surface area contributed by atoms with Crippen molar-refractivity contribution in [3.63, 3.8) is 0 Å². The summed E-state index contributed by atoms with van der Waals surface area (Å²) in [6.07, 6.45) is 3.33. The van der Waals surface area contributed by atoms with Crippen LogP contribution in [0.15, 0.2) is 67.0 Å². The van der Waals surface area contributed by atoms with Crippen LogP contribution in [0, 0.1) is 0 Å². The summed E-state index contributed by atoms with van der Waals surface area (Å²) in [6.45, 7) is 0.378. The van der Waals surface area contributed by atoms with Gasteiger partial charge in [-0.05, 0) is 48.0 Å². The monoisotopic (exact) mass is 387 g/mol. The first-order valence-corrected chi connectivity index (χ1v) is 8.52. The highest BCUT2D eigenvalue weighted by atomic mass is 35.5. The van der Waals surface area contributed by atoms with Crippen molar-refractivity contribution in [2.45, 2.75) is 6.54 Å². The second kappa shape index (κ2) is 8.56. The van der Waals surface area contributed by atoms with Crippen LogP contribution in [0.5, 0.6) is 11.5 Å². The van der Waals surface area contributed by atoms with Gasteiger partial charge >= 0.3 is 6.03 Å². The summed E-state index contributed by atoms with van der Waals surface area (Å²) in [5, 5.41) is 6.30. The topological polar surface area (TPSA) is 63.2 Å². The molecule has 2 aromatic carbocycles. The summed E-state index contributed by atoms with van der Waals surface area (Å²) >= 11 is 11.8. The fraction of sp³-hybridized carbons (Fsp3) is 0.0526. The van der Waals surface area contributed by atoms with E-state index in [0.29, 0.717) is 33.8 Å². The molecular weight excluding hydrogens is 373 g/mol. The van der Waals surface area contributed by atoms with E-state index in [1.807, 2.05) is 24.3 Å². The zero-order valence-corrected chi connectivity index (χ0v) is 15.1. The number of nitrogens with one attached hydrogen (secondary N) is 2. The lowest BCUT2D eigenvalue weighted by Crippen LogP contribution is -2.28. The first-order chi connectivity index (χ1) is 12.6. The van der Waals surface area contributed by atoms with Crippen LogP contribution < -0.4 is 15.4 Å². The molecule has 7 heteroatoms. The molecule has 132 valence electrons. The number of carbonyl (C=O) groups is 1. The fourth-order valence-electron chi connectivity index (χ4n) is 2.15. The van der Waals surface area contributed by atoms with Crippen molar-refractivity contribution in [3.05, 3.63) is 82.6 Å². The van der Waals surface area contributed by atoms with Gasteiger partial charge in [-0.1, -0.05) is 35.3 Å². The van der Waals surface area contributed by atoms with Gasteiger partial charge in [0.25, 0.3) is 0 Å². The molecule has 3 rings (SSSR count). The highest BCUT2D eigenvalue weighted by Gasteiger charge is 2.05. The summed E-state index contributed by atoms with van der Waals surface area (Å²) in [4.78, 5) is 15.9. The number of rotatable bonds is 5. The Kier molecular flexibility index (Phi) is 5.94. The van der Waals surface area contributed by atoms with Gasteiger partial charge in [0.05, 0.1) is 10.0 Å². The highest BCUT2D eigenvalue weighted by Crippen LogP contribution is 2.25. The van der Waals surface area contributed by atoms with Crippen LogP contribution in [0.3, 0.4) is 0 Å². The summed E-state index contributed by atoms with van der Waals surface area (Å²) < 4.78 is 5.70. The number of hydrogen-bond acceptors (Lipinski definition) is 3. The third kappa shape index (κ3) is 5.12. The Hall–Kier alpha value is -2.76. The molecule has 0 saturated heterocycles. The number of ether oxygens (including phenoxy) is 1. The minimum absolute atomic E-state index is 0.333. The number of urea groups is 1. The van der Waals surface area contributed by atoms with Crippen molar-refractivity contribution in [2.75, 3.05) is 5.32 Å². The number of anilines is 1. The Morgan fingerprint density at radius 1 is 0.923 bits per heavy atom. The normalized spacial score (nSPS) is 10.2. The van der Waals surface area contributed by atoms with Gasteiger partial charge in [0.2, 0.25) is 0 Å². The molecule has 0 aliphatic heterocycles. The van der Waals surface area contributed by atoms with Crippen LogP contribution >= 0.6 is 23.2 Å². The number of nitrogens with zero attached hydrogens (tertiary/aromatic N) is 1. The molecule has 0 bridgehead atoms. The molecule has 0 spiro atoms. The molecule has 0 atom stereocenters. The minimum Gasteiger partial charge on any atom is -0.457 e. The molecule has 5 nitrogen and oxygen atoms in total. The molecule has 0 aliphatic carbocycles. The molecule has 26 heavy (non-hydrogen) atoms. The largest absolute Gasteiger partial charge is 0.457 e. The van der Waals surface area contributed by atoms with Gasteiger partial charge in [0, 0.05) is 24.6 Å². The lowest BCUT2D eigenvalue weighted by Gasteiger charge is -2.09. The van der Waals surface area contributed by atoms with E-state index in [1.165, 1.54) is 0 Å². The second-order valence-corrected chi connectivity index (χ2v) is 6.18. The van der Waals surface area contributed by atoms with E-state index in [9.17, 15) is 4.79 Å². The van der Waals surface area contributed by atoms with E-state index in [4.69, 9.17) is 27.9 Å². The zero-order valence-electron chi connectivity index (χ0n) is 13.6. The van der Waals surface area contributed by atoms with Crippen LogP contribution in [0.1, 0.15) is 5.56 Å². The average molecular weight is 388 g/mol. The molecule has 0 unspecified atom stereocenters. The Balaban J connectivity index is 1.51. The van der Waals surface area contributed by atoms with Crippen molar-refractivity contribution >= 4 is 34.9 Å². The van der Waals surface area contributed by atoms with Crippen LogP contribution in [0.25, 0.3) is 0 Å². The van der Waals surface area contributed by atoms with Gasteiger partial charge in [0.1, 0.15) is 11.5 Å². The Bertz CT molecular complexity index is 887. The smallest absolute Gasteiger partial charge is 0.319 e. The van der Waals surface area contributed by atoms with Crippen molar-refractivity contribution in [1.29, 1.82) is 0 Å². The molecule has 2 N–H and O–H groups in total. The van der Waals surface area contributed by atoms with Crippen LogP contribution in [-0.2, 0) is 6.54 Å². The summed E-state index contributed by atoms with van der Waals surface area (Å²) in [6, 6.07) is 15.6. The summed E-state index contributed by atoms with van der Waals surface area (Å²) in [5.41, 5.74) is 1.51. The number of halogens is 2. The average Bonchev–Trinajstić information content (AvgIpc) is 2.65. The number of pyridine rings is 1. The number of carbonyl (C=O) groups excluding carboxylic acids is 1. The minimum atomic E-state index is -0.333. The molecule has 0 saturated carbocycles. The number of hydrogen-bond donors (Lipinski definition) is 2. The zero-order chi connectivity index (χ0) is 18.4. The summed E-state index contributed by atoms with van der Waals surface area (Å²) in [7, 11) is 0. The maximum atomic E-state index is 12.0. The number of amides is 2. The summed E-state index contributed by atoms with van der Waals surface area (Å²) in [5.74, 6) is 1.42. The van der Waals surface area contributed by atoms with Crippen molar-refractivity contribution < 1.29 is 9.53 Å². The van der Waals surface area contributed by atoms with E-state index in [-0.39, 0.29) is 6.03 Å². The molecule has 3 aromatic rings. The predicted molar refractivity (Wildman–Crippen MR) is 103 cm³/mol. The molecule has 0 radical (unpaired) electrons. The fourth-order valence-corrected chi connectivity index (χ4v) is 2.45. The standard InChI is InChI=1S/C19H15Cl2N3O2/c20-17-6-3-14(11-18(17)21)24-19(25)23-12-13-1-4-15(5-2-13)26-16-7-9-22-10-8-16/h1-11H,12H2,(H2,23,24,25). The number of aromatic nitrogens is 1. The molecule has 1 heterocycles.